The number of carbonyl (C=O) groups excluding carboxylic acids is 2. The monoisotopic (exact) mass is 492 g/mol. The Labute approximate surface area is 201 Å². The van der Waals surface area contributed by atoms with Gasteiger partial charge in [0.1, 0.15) is 5.82 Å². The highest BCUT2D eigenvalue weighted by Crippen LogP contribution is 2.26. The Morgan fingerprint density at radius 3 is 2.29 bits per heavy atom. The minimum absolute atomic E-state index is 0.224. The second-order valence-corrected chi connectivity index (χ2v) is 9.69. The van der Waals surface area contributed by atoms with Crippen LogP contribution in [-0.4, -0.2) is 37.5 Å². The molecule has 7 nitrogen and oxygen atoms in total. The van der Waals surface area contributed by atoms with Gasteiger partial charge in [-0.3, -0.25) is 9.52 Å². The van der Waals surface area contributed by atoms with Crippen LogP contribution in [0.15, 0.2) is 78.9 Å². The van der Waals surface area contributed by atoms with Crippen LogP contribution in [0.5, 0.6) is 0 Å². The summed E-state index contributed by atoms with van der Waals surface area (Å²) in [7, 11) is -3.44. The van der Waals surface area contributed by atoms with E-state index in [1.54, 1.807) is 42.5 Å². The number of halogens is 1. The molecule has 0 radical (unpaired) electrons. The Morgan fingerprint density at radius 1 is 0.971 bits per heavy atom. The highest BCUT2D eigenvalue weighted by Gasteiger charge is 2.23. The summed E-state index contributed by atoms with van der Waals surface area (Å²) in [6.45, 7) is 1.47. The first-order chi connectivity index (χ1) is 16.6. The van der Waals surface area contributed by atoms with Crippen molar-refractivity contribution in [3.05, 3.63) is 95.8 Å². The number of rotatable bonds is 7. The van der Waals surface area contributed by atoms with E-state index in [9.17, 15) is 22.4 Å². The van der Waals surface area contributed by atoms with E-state index in [-0.39, 0.29) is 16.9 Å². The van der Waals surface area contributed by atoms with Crippen LogP contribution in [0.3, 0.4) is 0 Å². The van der Waals surface area contributed by atoms with E-state index >= 15 is 0 Å². The second-order valence-electron chi connectivity index (χ2n) is 7.94. The number of anilines is 1. The molecule has 0 saturated carbocycles. The average molecular weight is 493 g/mol. The van der Waals surface area contributed by atoms with Gasteiger partial charge < -0.3 is 4.74 Å². The van der Waals surface area contributed by atoms with Crippen LogP contribution in [-0.2, 0) is 14.8 Å². The molecule has 9 heteroatoms. The first-order valence-electron chi connectivity index (χ1n) is 10.6. The lowest BCUT2D eigenvalue weighted by Gasteiger charge is -2.15. The van der Waals surface area contributed by atoms with Crippen molar-refractivity contribution >= 4 is 38.4 Å². The van der Waals surface area contributed by atoms with Crippen LogP contribution in [0.25, 0.3) is 22.2 Å². The van der Waals surface area contributed by atoms with Crippen LogP contribution in [0, 0.1) is 5.82 Å². The number of Topliss-reactive ketones (excluding diaryl/α,β-unsaturated/α-hetero) is 1. The zero-order valence-electron chi connectivity index (χ0n) is 18.9. The number of benzene rings is 3. The maximum atomic E-state index is 13.4. The number of ether oxygens (including phenoxy) is 1. The Balaban J connectivity index is 1.59. The van der Waals surface area contributed by atoms with Crippen LogP contribution in [0.2, 0.25) is 0 Å². The molecule has 0 fully saturated rings. The molecule has 0 spiro atoms. The van der Waals surface area contributed by atoms with Gasteiger partial charge in [0.05, 0.1) is 23.0 Å². The minimum Gasteiger partial charge on any atom is -0.451 e. The highest BCUT2D eigenvalue weighted by molar-refractivity contribution is 7.92. The fraction of sp³-hybridized carbons (Fsp3) is 0.115. The van der Waals surface area contributed by atoms with Crippen LogP contribution in [0.1, 0.15) is 27.6 Å². The fourth-order valence-corrected chi connectivity index (χ4v) is 4.11. The molecule has 0 aliphatic carbocycles. The van der Waals surface area contributed by atoms with Gasteiger partial charge in [0.2, 0.25) is 15.8 Å². The largest absolute Gasteiger partial charge is 0.451 e. The standard InChI is InChI=1S/C26H21FN2O5S/c1-16(25(30)18-9-13-20(14-10-18)29-35(2,32)33)34-26(31)22-15-24(17-7-11-19(27)12-8-17)28-23-6-4-3-5-21(22)23/h3-16,29H,1-2H3/t16-/m1/s1. The molecule has 4 rings (SSSR count). The Hall–Kier alpha value is -4.11. The van der Waals surface area contributed by atoms with Crippen LogP contribution < -0.4 is 4.72 Å². The van der Waals surface area contributed by atoms with Gasteiger partial charge in [-0.1, -0.05) is 18.2 Å². The molecule has 1 heterocycles. The molecule has 178 valence electrons. The normalized spacial score (nSPS) is 12.2. The van der Waals surface area contributed by atoms with E-state index in [4.69, 9.17) is 4.74 Å². The summed E-state index contributed by atoms with van der Waals surface area (Å²) in [6, 6.07) is 20.1. The molecule has 1 N–H and O–H groups in total. The first kappa shape index (κ1) is 24.0. The van der Waals surface area contributed by atoms with Crippen molar-refractivity contribution in [3.63, 3.8) is 0 Å². The smallest absolute Gasteiger partial charge is 0.339 e. The number of pyridine rings is 1. The van der Waals surface area contributed by atoms with E-state index in [2.05, 4.69) is 9.71 Å². The molecule has 0 unspecified atom stereocenters. The van der Waals surface area contributed by atoms with Crippen LogP contribution >= 0.6 is 0 Å². The predicted molar refractivity (Wildman–Crippen MR) is 131 cm³/mol. The molecule has 3 aromatic carbocycles. The van der Waals surface area contributed by atoms with Gasteiger partial charge in [0.15, 0.2) is 6.10 Å². The number of ketones is 1. The Bertz CT molecular complexity index is 1520. The number of aromatic nitrogens is 1. The zero-order chi connectivity index (χ0) is 25.2. The van der Waals surface area contributed by atoms with Gasteiger partial charge in [-0.05, 0) is 67.6 Å². The molecule has 0 bridgehead atoms. The van der Waals surface area contributed by atoms with Crippen molar-refractivity contribution in [2.24, 2.45) is 0 Å². The third-order valence-corrected chi connectivity index (χ3v) is 5.81. The third-order valence-electron chi connectivity index (χ3n) is 5.20. The molecule has 4 aromatic rings. The van der Waals surface area contributed by atoms with Crippen molar-refractivity contribution < 1.29 is 27.1 Å². The van der Waals surface area contributed by atoms with E-state index in [0.717, 1.165) is 6.26 Å². The lowest BCUT2D eigenvalue weighted by Crippen LogP contribution is -2.24. The number of nitrogens with zero attached hydrogens (tertiary/aromatic N) is 1. The van der Waals surface area contributed by atoms with Gasteiger partial charge in [-0.25, -0.2) is 22.6 Å². The fourth-order valence-electron chi connectivity index (χ4n) is 3.54. The SMILES string of the molecule is C[C@@H](OC(=O)c1cc(-c2ccc(F)cc2)nc2ccccc12)C(=O)c1ccc(NS(C)(=O)=O)cc1. The van der Waals surface area contributed by atoms with Crippen molar-refractivity contribution in [1.29, 1.82) is 0 Å². The summed E-state index contributed by atoms with van der Waals surface area (Å²) in [5.74, 6) is -1.54. The number of esters is 1. The number of fused-ring (bicyclic) bond motifs is 1. The van der Waals surface area contributed by atoms with Crippen LogP contribution in [0.4, 0.5) is 10.1 Å². The third kappa shape index (κ3) is 5.70. The molecular formula is C26H21FN2O5S. The highest BCUT2D eigenvalue weighted by atomic mass is 32.2. The van der Waals surface area contributed by atoms with E-state index in [1.807, 2.05) is 0 Å². The van der Waals surface area contributed by atoms with Gasteiger partial charge in [-0.2, -0.15) is 0 Å². The topological polar surface area (TPSA) is 102 Å². The van der Waals surface area contributed by atoms with Gasteiger partial charge in [0, 0.05) is 22.2 Å². The lowest BCUT2D eigenvalue weighted by molar-refractivity contribution is 0.0320. The van der Waals surface area contributed by atoms with E-state index in [0.29, 0.717) is 27.8 Å². The van der Waals surface area contributed by atoms with E-state index < -0.39 is 27.9 Å². The number of sulfonamides is 1. The quantitative estimate of drug-likeness (QED) is 0.293. The number of hydrogen-bond acceptors (Lipinski definition) is 6. The Kier molecular flexibility index (Phi) is 6.61. The average Bonchev–Trinajstić information content (AvgIpc) is 2.82. The number of hydrogen-bond donors (Lipinski definition) is 1. The molecule has 1 atom stereocenters. The summed E-state index contributed by atoms with van der Waals surface area (Å²) in [5.41, 5.74) is 2.43. The number of para-hydroxylation sites is 1. The van der Waals surface area contributed by atoms with Crippen molar-refractivity contribution in [1.82, 2.24) is 4.98 Å². The summed E-state index contributed by atoms with van der Waals surface area (Å²) in [5, 5.41) is 0.555. The molecule has 0 amide bonds. The summed E-state index contributed by atoms with van der Waals surface area (Å²) >= 11 is 0. The van der Waals surface area contributed by atoms with Gasteiger partial charge in [-0.15, -0.1) is 0 Å². The zero-order valence-corrected chi connectivity index (χ0v) is 19.7. The Morgan fingerprint density at radius 2 is 1.63 bits per heavy atom. The summed E-state index contributed by atoms with van der Waals surface area (Å²) in [4.78, 5) is 30.5. The molecule has 0 aliphatic heterocycles. The predicted octanol–water partition coefficient (Wildman–Crippen LogP) is 4.84. The molecule has 0 aliphatic rings. The first-order valence-corrected chi connectivity index (χ1v) is 12.5. The minimum atomic E-state index is -3.44. The number of nitrogens with one attached hydrogen (secondary N) is 1. The maximum absolute atomic E-state index is 13.4. The van der Waals surface area contributed by atoms with Gasteiger partial charge in [0.25, 0.3) is 0 Å². The molecule has 35 heavy (non-hydrogen) atoms. The summed E-state index contributed by atoms with van der Waals surface area (Å²) < 4.78 is 43.9. The molecular weight excluding hydrogens is 471 g/mol. The lowest BCUT2D eigenvalue weighted by atomic mass is 10.0. The second kappa shape index (κ2) is 9.63. The molecule has 1 aromatic heterocycles. The van der Waals surface area contributed by atoms with E-state index in [1.165, 1.54) is 43.3 Å². The van der Waals surface area contributed by atoms with Gasteiger partial charge >= 0.3 is 5.97 Å². The number of carbonyl (C=O) groups is 2. The van der Waals surface area contributed by atoms with Crippen molar-refractivity contribution in [2.75, 3.05) is 11.0 Å². The maximum Gasteiger partial charge on any atom is 0.339 e. The summed E-state index contributed by atoms with van der Waals surface area (Å²) in [6.07, 6.45) is -0.0739. The molecule has 0 saturated heterocycles. The van der Waals surface area contributed by atoms with Crippen molar-refractivity contribution in [2.45, 2.75) is 13.0 Å². The van der Waals surface area contributed by atoms with Crippen molar-refractivity contribution in [3.8, 4) is 11.3 Å².